The van der Waals surface area contributed by atoms with Gasteiger partial charge in [-0.15, -0.1) is 0 Å². The molecular formula is C18H14FN5. The van der Waals surface area contributed by atoms with Crippen LogP contribution in [0.5, 0.6) is 0 Å². The summed E-state index contributed by atoms with van der Waals surface area (Å²) >= 11 is 0. The molecular weight excluding hydrogens is 305 g/mol. The highest BCUT2D eigenvalue weighted by atomic mass is 19.1. The van der Waals surface area contributed by atoms with E-state index in [9.17, 15) is 4.39 Å². The molecule has 0 aliphatic heterocycles. The minimum Gasteiger partial charge on any atom is -0.373 e. The summed E-state index contributed by atoms with van der Waals surface area (Å²) in [6.07, 6.45) is 6.63. The molecule has 0 atom stereocenters. The Hall–Kier alpha value is -3.28. The molecule has 0 aromatic carbocycles. The number of nitrogens with zero attached hydrogens (tertiary/aromatic N) is 3. The lowest BCUT2D eigenvalue weighted by Crippen LogP contribution is -1.94. The quantitative estimate of drug-likeness (QED) is 0.601. The van der Waals surface area contributed by atoms with Gasteiger partial charge in [0.1, 0.15) is 11.6 Å². The predicted molar refractivity (Wildman–Crippen MR) is 92.1 cm³/mol. The third-order valence-corrected chi connectivity index (χ3v) is 3.88. The van der Waals surface area contributed by atoms with Crippen LogP contribution in [0.1, 0.15) is 0 Å². The first-order valence-electron chi connectivity index (χ1n) is 7.47. The Balaban J connectivity index is 1.73. The number of fused-ring (bicyclic) bond motifs is 1. The van der Waals surface area contributed by atoms with Crippen molar-refractivity contribution in [2.24, 2.45) is 0 Å². The van der Waals surface area contributed by atoms with Crippen molar-refractivity contribution in [3.63, 3.8) is 0 Å². The average Bonchev–Trinajstić information content (AvgIpc) is 3.05. The van der Waals surface area contributed by atoms with Gasteiger partial charge in [-0.3, -0.25) is 9.97 Å². The van der Waals surface area contributed by atoms with Crippen molar-refractivity contribution in [1.82, 2.24) is 19.9 Å². The molecule has 0 aliphatic carbocycles. The predicted octanol–water partition coefficient (Wildman–Crippen LogP) is 3.87. The van der Waals surface area contributed by atoms with E-state index in [4.69, 9.17) is 0 Å². The van der Waals surface area contributed by atoms with Gasteiger partial charge in [-0.1, -0.05) is 0 Å². The third kappa shape index (κ3) is 2.48. The minimum absolute atomic E-state index is 0.336. The number of anilines is 1. The van der Waals surface area contributed by atoms with Gasteiger partial charge in [0.05, 0.1) is 28.7 Å². The van der Waals surface area contributed by atoms with Crippen LogP contribution in [-0.2, 0) is 0 Å². The van der Waals surface area contributed by atoms with Gasteiger partial charge in [0.25, 0.3) is 0 Å². The first-order valence-corrected chi connectivity index (χ1v) is 7.47. The molecule has 0 spiro atoms. The molecule has 0 amide bonds. The Kier molecular flexibility index (Phi) is 3.42. The summed E-state index contributed by atoms with van der Waals surface area (Å²) in [6.45, 7) is 0. The third-order valence-electron chi connectivity index (χ3n) is 3.88. The summed E-state index contributed by atoms with van der Waals surface area (Å²) in [5.41, 5.74) is 3.28. The number of nitrogens with one attached hydrogen (secondary N) is 2. The lowest BCUT2D eigenvalue weighted by atomic mass is 10.1. The fourth-order valence-corrected chi connectivity index (χ4v) is 2.60. The van der Waals surface area contributed by atoms with Crippen molar-refractivity contribution in [2.75, 3.05) is 12.4 Å². The molecule has 0 aliphatic rings. The zero-order valence-corrected chi connectivity index (χ0v) is 12.9. The van der Waals surface area contributed by atoms with Gasteiger partial charge in [-0.05, 0) is 24.3 Å². The number of H-pyrrole nitrogens is 1. The van der Waals surface area contributed by atoms with E-state index < -0.39 is 0 Å². The first kappa shape index (κ1) is 14.3. The van der Waals surface area contributed by atoms with Gasteiger partial charge >= 0.3 is 0 Å². The second-order valence-electron chi connectivity index (χ2n) is 5.38. The molecule has 24 heavy (non-hydrogen) atoms. The van der Waals surface area contributed by atoms with Crippen molar-refractivity contribution in [1.29, 1.82) is 0 Å². The normalized spacial score (nSPS) is 10.9. The molecule has 0 bridgehead atoms. The highest BCUT2D eigenvalue weighted by Gasteiger charge is 2.11. The number of hydrogen-bond acceptors (Lipinski definition) is 4. The molecule has 0 unspecified atom stereocenters. The molecule has 6 heteroatoms. The van der Waals surface area contributed by atoms with Crippen molar-refractivity contribution in [3.05, 3.63) is 60.9 Å². The van der Waals surface area contributed by atoms with E-state index in [0.717, 1.165) is 22.3 Å². The van der Waals surface area contributed by atoms with E-state index in [0.29, 0.717) is 17.0 Å². The smallest absolute Gasteiger partial charge is 0.136 e. The summed E-state index contributed by atoms with van der Waals surface area (Å²) in [6, 6.07) is 8.88. The lowest BCUT2D eigenvalue weighted by molar-refractivity contribution is 0.629. The van der Waals surface area contributed by atoms with Crippen molar-refractivity contribution in [2.45, 2.75) is 0 Å². The van der Waals surface area contributed by atoms with E-state index in [1.54, 1.807) is 25.6 Å². The van der Waals surface area contributed by atoms with E-state index >= 15 is 0 Å². The topological polar surface area (TPSA) is 66.5 Å². The van der Waals surface area contributed by atoms with Crippen LogP contribution in [0.3, 0.4) is 0 Å². The standard InChI is InChI=1S/C18H14FN5/c1-20-18-3-2-12(8-23-18)15-7-14(19)13(9-22-15)16-6-11-4-5-21-10-17(11)24-16/h2-10,24H,1H3,(H,20,23). The van der Waals surface area contributed by atoms with Gasteiger partial charge in [0.2, 0.25) is 0 Å². The maximum absolute atomic E-state index is 14.6. The van der Waals surface area contributed by atoms with Crippen LogP contribution < -0.4 is 5.32 Å². The second-order valence-corrected chi connectivity index (χ2v) is 5.38. The molecule has 0 saturated heterocycles. The molecule has 2 N–H and O–H groups in total. The Morgan fingerprint density at radius 3 is 2.67 bits per heavy atom. The number of halogens is 1. The SMILES string of the molecule is CNc1ccc(-c2cc(F)c(-c3cc4ccncc4[nH]3)cn2)cn1. The van der Waals surface area contributed by atoms with Gasteiger partial charge in [-0.25, -0.2) is 9.37 Å². The molecule has 4 aromatic rings. The van der Waals surface area contributed by atoms with E-state index in [-0.39, 0.29) is 5.82 Å². The van der Waals surface area contributed by atoms with Crippen LogP contribution in [0.15, 0.2) is 55.1 Å². The Morgan fingerprint density at radius 1 is 1.04 bits per heavy atom. The minimum atomic E-state index is -0.336. The summed E-state index contributed by atoms with van der Waals surface area (Å²) < 4.78 is 14.6. The summed E-state index contributed by atoms with van der Waals surface area (Å²) in [5, 5.41) is 3.93. The molecule has 4 rings (SSSR count). The van der Waals surface area contributed by atoms with E-state index in [1.807, 2.05) is 24.3 Å². The number of aromatic amines is 1. The fourth-order valence-electron chi connectivity index (χ4n) is 2.60. The van der Waals surface area contributed by atoms with Crippen LogP contribution in [0.25, 0.3) is 33.4 Å². The number of aromatic nitrogens is 4. The summed E-state index contributed by atoms with van der Waals surface area (Å²) in [4.78, 5) is 15.8. The van der Waals surface area contributed by atoms with Gasteiger partial charge in [0, 0.05) is 42.7 Å². The summed E-state index contributed by atoms with van der Waals surface area (Å²) in [5.74, 6) is 0.416. The number of hydrogen-bond donors (Lipinski definition) is 2. The maximum atomic E-state index is 14.6. The number of rotatable bonds is 3. The van der Waals surface area contributed by atoms with Crippen LogP contribution in [0, 0.1) is 5.82 Å². The van der Waals surface area contributed by atoms with Gasteiger partial charge < -0.3 is 10.3 Å². The molecule has 4 aromatic heterocycles. The van der Waals surface area contributed by atoms with Gasteiger partial charge in [-0.2, -0.15) is 0 Å². The fraction of sp³-hybridized carbons (Fsp3) is 0.0556. The van der Waals surface area contributed by atoms with Crippen LogP contribution in [0.4, 0.5) is 10.2 Å². The number of pyridine rings is 3. The molecule has 0 radical (unpaired) electrons. The van der Waals surface area contributed by atoms with Crippen LogP contribution in [0.2, 0.25) is 0 Å². The highest BCUT2D eigenvalue weighted by Crippen LogP contribution is 2.28. The maximum Gasteiger partial charge on any atom is 0.136 e. The van der Waals surface area contributed by atoms with Crippen LogP contribution in [-0.4, -0.2) is 27.0 Å². The monoisotopic (exact) mass is 319 g/mol. The zero-order chi connectivity index (χ0) is 16.5. The Labute approximate surface area is 137 Å². The average molecular weight is 319 g/mol. The van der Waals surface area contributed by atoms with E-state index in [1.165, 1.54) is 12.3 Å². The van der Waals surface area contributed by atoms with E-state index in [2.05, 4.69) is 25.3 Å². The molecule has 5 nitrogen and oxygen atoms in total. The van der Waals surface area contributed by atoms with Crippen molar-refractivity contribution >= 4 is 16.7 Å². The molecule has 118 valence electrons. The van der Waals surface area contributed by atoms with Gasteiger partial charge in [0.15, 0.2) is 0 Å². The van der Waals surface area contributed by atoms with Crippen molar-refractivity contribution in [3.8, 4) is 22.5 Å². The molecule has 0 fully saturated rings. The lowest BCUT2D eigenvalue weighted by Gasteiger charge is -2.05. The van der Waals surface area contributed by atoms with Crippen molar-refractivity contribution < 1.29 is 4.39 Å². The zero-order valence-electron chi connectivity index (χ0n) is 12.9. The van der Waals surface area contributed by atoms with Crippen LogP contribution >= 0.6 is 0 Å². The summed E-state index contributed by atoms with van der Waals surface area (Å²) in [7, 11) is 1.80. The largest absolute Gasteiger partial charge is 0.373 e. The highest BCUT2D eigenvalue weighted by molar-refractivity contribution is 5.85. The molecule has 4 heterocycles. The first-order chi connectivity index (χ1) is 11.7. The Bertz CT molecular complexity index is 975. The molecule has 0 saturated carbocycles. The second kappa shape index (κ2) is 5.73. The Morgan fingerprint density at radius 2 is 1.96 bits per heavy atom.